The van der Waals surface area contributed by atoms with E-state index in [1.54, 1.807) is 61.3 Å². The molecule has 0 saturated heterocycles. The van der Waals surface area contributed by atoms with Crippen molar-refractivity contribution in [2.45, 2.75) is 6.92 Å². The van der Waals surface area contributed by atoms with E-state index in [4.69, 9.17) is 13.9 Å². The Morgan fingerprint density at radius 3 is 2.63 bits per heavy atom. The van der Waals surface area contributed by atoms with E-state index in [-0.39, 0.29) is 42.9 Å². The number of carbonyl (C=O) groups excluding carboxylic acids is 2. The van der Waals surface area contributed by atoms with Gasteiger partial charge in [0, 0.05) is 11.9 Å². The monoisotopic (exact) mass is 414 g/mol. The second-order valence-electron chi connectivity index (χ2n) is 6.59. The van der Waals surface area contributed by atoms with Gasteiger partial charge in [-0.15, -0.1) is 0 Å². The molecule has 0 aliphatic heterocycles. The van der Waals surface area contributed by atoms with Crippen molar-refractivity contribution in [1.29, 1.82) is 0 Å². The number of fused-ring (bicyclic) bond motifs is 1. The maximum atomic E-state index is 13.6. The predicted molar refractivity (Wildman–Crippen MR) is 110 cm³/mol. The van der Waals surface area contributed by atoms with Gasteiger partial charge in [-0.05, 0) is 38.2 Å². The minimum atomic E-state index is -0.643. The summed E-state index contributed by atoms with van der Waals surface area (Å²) in [6, 6.07) is 13.2. The largest absolute Gasteiger partial charge is 0.489 e. The smallest absolute Gasteiger partial charge is 0.376 e. The number of amides is 1. The van der Waals surface area contributed by atoms with Crippen LogP contribution in [0, 0.1) is 5.82 Å². The number of furan rings is 1. The summed E-state index contributed by atoms with van der Waals surface area (Å²) in [6.07, 6.45) is 0. The predicted octanol–water partition coefficient (Wildman–Crippen LogP) is 3.70. The van der Waals surface area contributed by atoms with Crippen LogP contribution in [0.2, 0.25) is 0 Å². The van der Waals surface area contributed by atoms with Crippen molar-refractivity contribution < 1.29 is 27.9 Å². The van der Waals surface area contributed by atoms with Crippen molar-refractivity contribution >= 4 is 28.5 Å². The molecule has 0 radical (unpaired) electrons. The number of nitrogens with zero attached hydrogens (tertiary/aromatic N) is 1. The Morgan fingerprint density at radius 2 is 1.87 bits per heavy atom. The summed E-state index contributed by atoms with van der Waals surface area (Å²) in [7, 11) is 1.74. The molecule has 2 aromatic carbocycles. The molecule has 0 atom stereocenters. The second-order valence-corrected chi connectivity index (χ2v) is 6.59. The van der Waals surface area contributed by atoms with Gasteiger partial charge >= 0.3 is 5.97 Å². The Bertz CT molecular complexity index is 1030. The number of hydrogen-bond donors (Lipinski definition) is 1. The van der Waals surface area contributed by atoms with Crippen molar-refractivity contribution in [1.82, 2.24) is 4.90 Å². The van der Waals surface area contributed by atoms with E-state index >= 15 is 0 Å². The Kier molecular flexibility index (Phi) is 7.03. The lowest BCUT2D eigenvalue weighted by Crippen LogP contribution is -2.33. The van der Waals surface area contributed by atoms with E-state index < -0.39 is 11.8 Å². The molecule has 30 heavy (non-hydrogen) atoms. The zero-order valence-corrected chi connectivity index (χ0v) is 16.8. The Hall–Kier alpha value is -3.39. The summed E-state index contributed by atoms with van der Waals surface area (Å²) in [5.41, 5.74) is 0.757. The molecule has 0 fully saturated rings. The van der Waals surface area contributed by atoms with Crippen molar-refractivity contribution in [2.24, 2.45) is 0 Å². The molecule has 8 heteroatoms. The fraction of sp³-hybridized carbons (Fsp3) is 0.273. The lowest BCUT2D eigenvalue weighted by atomic mass is 10.2. The summed E-state index contributed by atoms with van der Waals surface area (Å²) >= 11 is 0. The van der Waals surface area contributed by atoms with Crippen LogP contribution in [0.25, 0.3) is 11.0 Å². The molecule has 1 amide bonds. The van der Waals surface area contributed by atoms with Crippen LogP contribution < -0.4 is 10.1 Å². The molecule has 3 rings (SSSR count). The van der Waals surface area contributed by atoms with Gasteiger partial charge in [0.05, 0.1) is 13.2 Å². The van der Waals surface area contributed by atoms with E-state index in [1.165, 1.54) is 6.07 Å². The quantitative estimate of drug-likeness (QED) is 0.538. The Labute approximate surface area is 173 Å². The fourth-order valence-corrected chi connectivity index (χ4v) is 2.89. The molecule has 0 unspecified atom stereocenters. The van der Waals surface area contributed by atoms with Gasteiger partial charge in [-0.3, -0.25) is 9.69 Å². The zero-order valence-electron chi connectivity index (χ0n) is 16.8. The number of carbonyl (C=O) groups is 2. The number of hydrogen-bond acceptors (Lipinski definition) is 6. The molecule has 0 bridgehead atoms. The first-order chi connectivity index (χ1) is 14.5. The first-order valence-corrected chi connectivity index (χ1v) is 9.54. The van der Waals surface area contributed by atoms with Crippen LogP contribution in [0.3, 0.4) is 0 Å². The average Bonchev–Trinajstić information content (AvgIpc) is 3.08. The Morgan fingerprint density at radius 1 is 1.13 bits per heavy atom. The third-order valence-corrected chi connectivity index (χ3v) is 4.30. The van der Waals surface area contributed by atoms with E-state index in [0.717, 1.165) is 0 Å². The molecule has 1 aromatic heterocycles. The van der Waals surface area contributed by atoms with Gasteiger partial charge in [0.1, 0.15) is 17.9 Å². The van der Waals surface area contributed by atoms with Gasteiger partial charge in [-0.25, -0.2) is 9.18 Å². The van der Waals surface area contributed by atoms with Crippen molar-refractivity contribution in [3.05, 3.63) is 60.1 Å². The molecule has 0 spiro atoms. The molecule has 1 heterocycles. The van der Waals surface area contributed by atoms with Crippen LogP contribution in [0.4, 0.5) is 10.1 Å². The third-order valence-electron chi connectivity index (χ3n) is 4.30. The number of rotatable bonds is 9. The standard InChI is InChI=1S/C22H23FN2O5/c1-3-28-22(27)21-20(15-8-4-6-10-17(15)30-21)24-19(26)14-25(2)12-13-29-18-11-7-5-9-16(18)23/h4-11H,3,12-14H2,1-2H3,(H,24,26). The van der Waals surface area contributed by atoms with Crippen LogP contribution in [0.1, 0.15) is 17.5 Å². The first-order valence-electron chi connectivity index (χ1n) is 9.54. The number of nitrogens with one attached hydrogen (secondary N) is 1. The summed E-state index contributed by atoms with van der Waals surface area (Å²) in [5.74, 6) is -1.29. The van der Waals surface area contributed by atoms with Crippen LogP contribution in [0.5, 0.6) is 5.75 Å². The normalized spacial score (nSPS) is 10.9. The molecular formula is C22H23FN2O5. The van der Waals surface area contributed by atoms with Crippen molar-refractivity contribution in [2.75, 3.05) is 38.7 Å². The highest BCUT2D eigenvalue weighted by atomic mass is 19.1. The minimum Gasteiger partial charge on any atom is -0.489 e. The molecule has 0 aliphatic rings. The summed E-state index contributed by atoms with van der Waals surface area (Å²) in [6.45, 7) is 2.54. The summed E-state index contributed by atoms with van der Waals surface area (Å²) in [4.78, 5) is 26.5. The fourth-order valence-electron chi connectivity index (χ4n) is 2.89. The molecule has 158 valence electrons. The van der Waals surface area contributed by atoms with E-state index in [0.29, 0.717) is 17.5 Å². The lowest BCUT2D eigenvalue weighted by Gasteiger charge is -2.17. The highest BCUT2D eigenvalue weighted by Crippen LogP contribution is 2.31. The maximum Gasteiger partial charge on any atom is 0.376 e. The zero-order chi connectivity index (χ0) is 21.5. The van der Waals surface area contributed by atoms with Gasteiger partial charge < -0.3 is 19.2 Å². The summed E-state index contributed by atoms with van der Waals surface area (Å²) in [5, 5.41) is 3.36. The second kappa shape index (κ2) is 9.89. The van der Waals surface area contributed by atoms with E-state index in [9.17, 15) is 14.0 Å². The molecular weight excluding hydrogens is 391 g/mol. The number of ether oxygens (including phenoxy) is 2. The van der Waals surface area contributed by atoms with Crippen LogP contribution in [-0.4, -0.2) is 50.1 Å². The Balaban J connectivity index is 1.61. The number of anilines is 1. The highest BCUT2D eigenvalue weighted by molar-refractivity contribution is 6.09. The van der Waals surface area contributed by atoms with E-state index in [2.05, 4.69) is 5.32 Å². The molecule has 0 saturated carbocycles. The van der Waals surface area contributed by atoms with Gasteiger partial charge in [-0.1, -0.05) is 24.3 Å². The number of esters is 1. The molecule has 0 aliphatic carbocycles. The topological polar surface area (TPSA) is 81.0 Å². The van der Waals surface area contributed by atoms with Gasteiger partial charge in [-0.2, -0.15) is 0 Å². The molecule has 3 aromatic rings. The third kappa shape index (κ3) is 5.15. The summed E-state index contributed by atoms with van der Waals surface area (Å²) < 4.78 is 29.6. The van der Waals surface area contributed by atoms with Crippen LogP contribution in [0.15, 0.2) is 52.9 Å². The van der Waals surface area contributed by atoms with Crippen molar-refractivity contribution in [3.63, 3.8) is 0 Å². The van der Waals surface area contributed by atoms with Crippen molar-refractivity contribution in [3.8, 4) is 5.75 Å². The van der Waals surface area contributed by atoms with E-state index in [1.807, 2.05) is 0 Å². The highest BCUT2D eigenvalue weighted by Gasteiger charge is 2.23. The van der Waals surface area contributed by atoms with Gasteiger partial charge in [0.15, 0.2) is 11.6 Å². The number of para-hydroxylation sites is 2. The van der Waals surface area contributed by atoms with Gasteiger partial charge in [0.25, 0.3) is 0 Å². The van der Waals surface area contributed by atoms with Gasteiger partial charge in [0.2, 0.25) is 11.7 Å². The first kappa shape index (κ1) is 21.3. The number of halogens is 1. The minimum absolute atomic E-state index is 0.0441. The molecule has 1 N–H and O–H groups in total. The van der Waals surface area contributed by atoms with Crippen LogP contribution >= 0.6 is 0 Å². The molecule has 7 nitrogen and oxygen atoms in total. The maximum absolute atomic E-state index is 13.6. The SMILES string of the molecule is CCOC(=O)c1oc2ccccc2c1NC(=O)CN(C)CCOc1ccccc1F. The number of benzene rings is 2. The lowest BCUT2D eigenvalue weighted by molar-refractivity contribution is -0.117. The van der Waals surface area contributed by atoms with Crippen LogP contribution in [-0.2, 0) is 9.53 Å². The number of likely N-dealkylation sites (N-methyl/N-ethyl adjacent to an activating group) is 1. The average molecular weight is 414 g/mol.